The molecule has 0 aromatic heterocycles. The van der Waals surface area contributed by atoms with Crippen molar-refractivity contribution in [1.82, 2.24) is 5.32 Å². The van der Waals surface area contributed by atoms with Crippen molar-refractivity contribution in [1.29, 1.82) is 0 Å². The van der Waals surface area contributed by atoms with Gasteiger partial charge in [-0.05, 0) is 36.6 Å². The first kappa shape index (κ1) is 15.2. The second kappa shape index (κ2) is 6.89. The van der Waals surface area contributed by atoms with E-state index < -0.39 is 17.9 Å². The number of nitrogens with two attached hydrogens (primary N) is 1. The van der Waals surface area contributed by atoms with Gasteiger partial charge in [0.25, 0.3) is 5.91 Å². The molecule has 0 saturated heterocycles. The number of carbonyl (C=O) groups is 2. The molecule has 0 radical (unpaired) electrons. The number of imide groups is 1. The molecule has 1 rings (SSSR count). The van der Waals surface area contributed by atoms with Crippen LogP contribution in [0.15, 0.2) is 24.3 Å². The summed E-state index contributed by atoms with van der Waals surface area (Å²) in [5.41, 5.74) is 6.10. The molecule has 0 fully saturated rings. The zero-order valence-electron chi connectivity index (χ0n) is 11.5. The molecule has 0 heterocycles. The topological polar surface area (TPSA) is 81.4 Å². The SMILES string of the molecule is COc1ccc(C(=O)NC(=O)[C@@H](N)CC(C)C)cc1. The number of hydrogen-bond acceptors (Lipinski definition) is 4. The van der Waals surface area contributed by atoms with Gasteiger partial charge in [-0.2, -0.15) is 0 Å². The van der Waals surface area contributed by atoms with Crippen molar-refractivity contribution < 1.29 is 14.3 Å². The van der Waals surface area contributed by atoms with Gasteiger partial charge in [-0.3, -0.25) is 14.9 Å². The van der Waals surface area contributed by atoms with Gasteiger partial charge in [-0.15, -0.1) is 0 Å². The van der Waals surface area contributed by atoms with E-state index in [0.717, 1.165) is 0 Å². The van der Waals surface area contributed by atoms with Gasteiger partial charge in [-0.1, -0.05) is 13.8 Å². The molecule has 5 heteroatoms. The van der Waals surface area contributed by atoms with E-state index in [1.165, 1.54) is 0 Å². The lowest BCUT2D eigenvalue weighted by atomic mass is 10.0. The Bertz CT molecular complexity index is 441. The average molecular weight is 264 g/mol. The Morgan fingerprint density at radius 2 is 1.84 bits per heavy atom. The molecule has 1 atom stereocenters. The van der Waals surface area contributed by atoms with E-state index in [0.29, 0.717) is 23.7 Å². The van der Waals surface area contributed by atoms with Gasteiger partial charge in [0, 0.05) is 5.56 Å². The molecular formula is C14H20N2O3. The van der Waals surface area contributed by atoms with Crippen LogP contribution in [0.2, 0.25) is 0 Å². The summed E-state index contributed by atoms with van der Waals surface area (Å²) in [5.74, 6) is 0.0533. The van der Waals surface area contributed by atoms with Crippen molar-refractivity contribution >= 4 is 11.8 Å². The van der Waals surface area contributed by atoms with E-state index >= 15 is 0 Å². The van der Waals surface area contributed by atoms with Crippen molar-refractivity contribution in [2.45, 2.75) is 26.3 Å². The number of ether oxygens (including phenoxy) is 1. The van der Waals surface area contributed by atoms with E-state index in [1.807, 2.05) is 13.8 Å². The summed E-state index contributed by atoms with van der Waals surface area (Å²) in [4.78, 5) is 23.5. The highest BCUT2D eigenvalue weighted by atomic mass is 16.5. The van der Waals surface area contributed by atoms with E-state index in [9.17, 15) is 9.59 Å². The number of amides is 2. The van der Waals surface area contributed by atoms with Crippen LogP contribution >= 0.6 is 0 Å². The summed E-state index contributed by atoms with van der Waals surface area (Å²) in [6, 6.07) is 5.84. The first-order valence-corrected chi connectivity index (χ1v) is 6.19. The Morgan fingerprint density at radius 3 is 2.32 bits per heavy atom. The lowest BCUT2D eigenvalue weighted by molar-refractivity contribution is -0.121. The molecule has 104 valence electrons. The van der Waals surface area contributed by atoms with Crippen LogP contribution in [0.25, 0.3) is 0 Å². The van der Waals surface area contributed by atoms with Gasteiger partial charge in [0.05, 0.1) is 13.2 Å². The largest absolute Gasteiger partial charge is 0.497 e. The van der Waals surface area contributed by atoms with Gasteiger partial charge in [0.2, 0.25) is 5.91 Å². The number of nitrogens with one attached hydrogen (secondary N) is 1. The first-order chi connectivity index (χ1) is 8.93. The van der Waals surface area contributed by atoms with Gasteiger partial charge in [0.15, 0.2) is 0 Å². The Balaban J connectivity index is 2.60. The molecule has 0 bridgehead atoms. The number of benzene rings is 1. The van der Waals surface area contributed by atoms with Crippen molar-refractivity contribution in [3.8, 4) is 5.75 Å². The minimum absolute atomic E-state index is 0.303. The monoisotopic (exact) mass is 264 g/mol. The molecular weight excluding hydrogens is 244 g/mol. The average Bonchev–Trinajstić information content (AvgIpc) is 2.37. The fourth-order valence-electron chi connectivity index (χ4n) is 1.63. The highest BCUT2D eigenvalue weighted by Crippen LogP contribution is 2.11. The molecule has 3 N–H and O–H groups in total. The molecule has 19 heavy (non-hydrogen) atoms. The second-order valence-corrected chi connectivity index (χ2v) is 4.78. The van der Waals surface area contributed by atoms with Crippen LogP contribution in [-0.2, 0) is 4.79 Å². The first-order valence-electron chi connectivity index (χ1n) is 6.19. The number of methoxy groups -OCH3 is 1. The Kier molecular flexibility index (Phi) is 5.51. The molecule has 0 spiro atoms. The standard InChI is InChI=1S/C14H20N2O3/c1-9(2)8-12(15)14(18)16-13(17)10-4-6-11(19-3)7-5-10/h4-7,9,12H,8,15H2,1-3H3,(H,16,17,18)/t12-/m0/s1. The summed E-state index contributed by atoms with van der Waals surface area (Å²) in [5, 5.41) is 2.30. The minimum Gasteiger partial charge on any atom is -0.497 e. The van der Waals surface area contributed by atoms with Gasteiger partial charge < -0.3 is 10.5 Å². The van der Waals surface area contributed by atoms with E-state index in [-0.39, 0.29) is 0 Å². The smallest absolute Gasteiger partial charge is 0.257 e. The van der Waals surface area contributed by atoms with Crippen molar-refractivity contribution in [2.24, 2.45) is 11.7 Å². The number of hydrogen-bond donors (Lipinski definition) is 2. The predicted octanol–water partition coefficient (Wildman–Crippen LogP) is 1.32. The predicted molar refractivity (Wildman–Crippen MR) is 72.9 cm³/mol. The lowest BCUT2D eigenvalue weighted by Gasteiger charge is -2.13. The Morgan fingerprint density at radius 1 is 1.26 bits per heavy atom. The van der Waals surface area contributed by atoms with E-state index in [4.69, 9.17) is 10.5 Å². The Labute approximate surface area is 113 Å². The molecule has 1 aromatic rings. The molecule has 0 aliphatic rings. The third kappa shape index (κ3) is 4.71. The van der Waals surface area contributed by atoms with Crippen LogP contribution in [0.1, 0.15) is 30.6 Å². The molecule has 0 saturated carbocycles. The van der Waals surface area contributed by atoms with Crippen molar-refractivity contribution in [2.75, 3.05) is 7.11 Å². The molecule has 0 aliphatic carbocycles. The zero-order valence-corrected chi connectivity index (χ0v) is 11.5. The molecule has 5 nitrogen and oxygen atoms in total. The highest BCUT2D eigenvalue weighted by Gasteiger charge is 2.18. The minimum atomic E-state index is -0.665. The summed E-state index contributed by atoms with van der Waals surface area (Å²) in [7, 11) is 1.55. The van der Waals surface area contributed by atoms with E-state index in [2.05, 4.69) is 5.32 Å². The normalized spacial score (nSPS) is 12.1. The zero-order chi connectivity index (χ0) is 14.4. The fraction of sp³-hybridized carbons (Fsp3) is 0.429. The molecule has 2 amide bonds. The van der Waals surface area contributed by atoms with Crippen LogP contribution in [0.3, 0.4) is 0 Å². The lowest BCUT2D eigenvalue weighted by Crippen LogP contribution is -2.44. The molecule has 1 aromatic carbocycles. The summed E-state index contributed by atoms with van der Waals surface area (Å²) in [6.07, 6.45) is 0.543. The third-order valence-corrected chi connectivity index (χ3v) is 2.65. The van der Waals surface area contributed by atoms with Gasteiger partial charge in [-0.25, -0.2) is 0 Å². The number of carbonyl (C=O) groups excluding carboxylic acids is 2. The van der Waals surface area contributed by atoms with Crippen LogP contribution in [-0.4, -0.2) is 25.0 Å². The molecule has 0 aliphatic heterocycles. The molecule has 0 unspecified atom stereocenters. The van der Waals surface area contributed by atoms with E-state index in [1.54, 1.807) is 31.4 Å². The maximum atomic E-state index is 11.8. The van der Waals surface area contributed by atoms with Crippen molar-refractivity contribution in [3.63, 3.8) is 0 Å². The van der Waals surface area contributed by atoms with Crippen LogP contribution in [0, 0.1) is 5.92 Å². The summed E-state index contributed by atoms with van der Waals surface area (Å²) >= 11 is 0. The van der Waals surface area contributed by atoms with Crippen LogP contribution in [0.4, 0.5) is 0 Å². The van der Waals surface area contributed by atoms with Crippen LogP contribution in [0.5, 0.6) is 5.75 Å². The van der Waals surface area contributed by atoms with Crippen LogP contribution < -0.4 is 15.8 Å². The maximum Gasteiger partial charge on any atom is 0.257 e. The second-order valence-electron chi connectivity index (χ2n) is 4.78. The van der Waals surface area contributed by atoms with Gasteiger partial charge in [0.1, 0.15) is 5.75 Å². The van der Waals surface area contributed by atoms with Crippen molar-refractivity contribution in [3.05, 3.63) is 29.8 Å². The highest BCUT2D eigenvalue weighted by molar-refractivity contribution is 6.06. The number of rotatable bonds is 5. The Hall–Kier alpha value is -1.88. The third-order valence-electron chi connectivity index (χ3n) is 2.65. The van der Waals surface area contributed by atoms with Gasteiger partial charge >= 0.3 is 0 Å². The fourth-order valence-corrected chi connectivity index (χ4v) is 1.63. The maximum absolute atomic E-state index is 11.8. The summed E-state index contributed by atoms with van der Waals surface area (Å²) < 4.78 is 4.99. The quantitative estimate of drug-likeness (QED) is 0.840. The summed E-state index contributed by atoms with van der Waals surface area (Å²) in [6.45, 7) is 3.94.